The molecule has 7 heteroatoms. The molecule has 7 nitrogen and oxygen atoms in total. The smallest absolute Gasteiger partial charge is 0.251 e. The number of aliphatic hydroxyl groups is 1. The van der Waals surface area contributed by atoms with Gasteiger partial charge < -0.3 is 29.1 Å². The number of benzene rings is 1. The number of nitrogens with one attached hydrogen (secondary N) is 1. The third kappa shape index (κ3) is 4.29. The first-order valence-corrected chi connectivity index (χ1v) is 8.24. The van der Waals surface area contributed by atoms with E-state index in [2.05, 4.69) is 5.32 Å². The highest BCUT2D eigenvalue weighted by Gasteiger charge is 2.18. The van der Waals surface area contributed by atoms with Crippen LogP contribution < -0.4 is 19.5 Å². The highest BCUT2D eigenvalue weighted by atomic mass is 16.5. The number of ether oxygens (including phenoxy) is 3. The minimum atomic E-state index is -0.701. The number of aliphatic hydroxyl groups excluding tert-OH is 1. The third-order valence-corrected chi connectivity index (χ3v) is 4.07. The summed E-state index contributed by atoms with van der Waals surface area (Å²) in [7, 11) is 4.48. The molecular weight excluding hydrogens is 338 g/mol. The van der Waals surface area contributed by atoms with Crippen LogP contribution in [-0.2, 0) is 0 Å². The van der Waals surface area contributed by atoms with Gasteiger partial charge in [-0.25, -0.2) is 0 Å². The van der Waals surface area contributed by atoms with Crippen molar-refractivity contribution in [3.63, 3.8) is 0 Å². The maximum absolute atomic E-state index is 12.4. The minimum absolute atomic E-state index is 0.295. The largest absolute Gasteiger partial charge is 0.493 e. The second-order valence-electron chi connectivity index (χ2n) is 5.84. The number of rotatable bonds is 8. The zero-order chi connectivity index (χ0) is 19.3. The van der Waals surface area contributed by atoms with Gasteiger partial charge in [-0.2, -0.15) is 0 Å². The second-order valence-corrected chi connectivity index (χ2v) is 5.84. The van der Waals surface area contributed by atoms with Crippen molar-refractivity contribution < 1.29 is 28.5 Å². The number of carbonyl (C=O) groups excluding carboxylic acids is 1. The molecule has 0 radical (unpaired) electrons. The lowest BCUT2D eigenvalue weighted by atomic mass is 10.1. The van der Waals surface area contributed by atoms with Gasteiger partial charge in [0.15, 0.2) is 11.5 Å². The Kier molecular flexibility index (Phi) is 6.52. The van der Waals surface area contributed by atoms with Gasteiger partial charge >= 0.3 is 0 Å². The van der Waals surface area contributed by atoms with Crippen molar-refractivity contribution >= 4 is 5.91 Å². The Morgan fingerprint density at radius 2 is 1.73 bits per heavy atom. The monoisotopic (exact) mass is 363 g/mol. The van der Waals surface area contributed by atoms with Crippen LogP contribution >= 0.6 is 0 Å². The first-order valence-electron chi connectivity index (χ1n) is 8.24. The van der Waals surface area contributed by atoms with E-state index in [1.165, 1.54) is 21.3 Å². The van der Waals surface area contributed by atoms with E-state index in [0.717, 1.165) is 11.3 Å². The fourth-order valence-electron chi connectivity index (χ4n) is 2.77. The maximum Gasteiger partial charge on any atom is 0.251 e. The Morgan fingerprint density at radius 1 is 1.12 bits per heavy atom. The zero-order valence-corrected chi connectivity index (χ0v) is 15.7. The topological polar surface area (TPSA) is 90.2 Å². The highest BCUT2D eigenvalue weighted by molar-refractivity contribution is 5.95. The number of furan rings is 1. The fourth-order valence-corrected chi connectivity index (χ4v) is 2.77. The summed E-state index contributed by atoms with van der Waals surface area (Å²) in [6, 6.07) is 4.97. The summed E-state index contributed by atoms with van der Waals surface area (Å²) < 4.78 is 21.2. The maximum atomic E-state index is 12.4. The van der Waals surface area contributed by atoms with Gasteiger partial charge in [-0.1, -0.05) is 0 Å². The number of aryl methyl sites for hydroxylation is 2. The standard InChI is InChI=1S/C19H25NO6/c1-11-8-14(12(2)26-11)15(21)6-7-20-19(22)13-9-16(23-3)18(25-5)17(10-13)24-4/h8-10,15,21H,6-7H2,1-5H3,(H,20,22). The molecular formula is C19H25NO6. The molecule has 1 heterocycles. The molecule has 142 valence electrons. The normalized spacial score (nSPS) is 11.8. The predicted molar refractivity (Wildman–Crippen MR) is 96.2 cm³/mol. The van der Waals surface area contributed by atoms with E-state index < -0.39 is 6.10 Å². The Hall–Kier alpha value is -2.67. The molecule has 2 N–H and O–H groups in total. The Bertz CT molecular complexity index is 742. The highest BCUT2D eigenvalue weighted by Crippen LogP contribution is 2.38. The summed E-state index contributed by atoms with van der Waals surface area (Å²) in [5.74, 6) is 2.37. The Morgan fingerprint density at radius 3 is 2.19 bits per heavy atom. The van der Waals surface area contributed by atoms with Gasteiger partial charge in [0.2, 0.25) is 5.75 Å². The molecule has 0 saturated carbocycles. The predicted octanol–water partition coefficient (Wildman–Crippen LogP) is 2.78. The molecule has 0 aliphatic rings. The van der Waals surface area contributed by atoms with Crippen LogP contribution in [0.15, 0.2) is 22.6 Å². The summed E-state index contributed by atoms with van der Waals surface area (Å²) in [4.78, 5) is 12.4. The number of amides is 1. The van der Waals surface area contributed by atoms with Gasteiger partial charge in [0, 0.05) is 17.7 Å². The molecule has 0 spiro atoms. The van der Waals surface area contributed by atoms with Crippen LogP contribution in [0.25, 0.3) is 0 Å². The van der Waals surface area contributed by atoms with E-state index in [9.17, 15) is 9.90 Å². The molecule has 0 fully saturated rings. The van der Waals surface area contributed by atoms with Gasteiger partial charge in [-0.3, -0.25) is 4.79 Å². The van der Waals surface area contributed by atoms with Gasteiger partial charge in [0.05, 0.1) is 27.4 Å². The average molecular weight is 363 g/mol. The van der Waals surface area contributed by atoms with Crippen molar-refractivity contribution in [1.82, 2.24) is 5.32 Å². The molecule has 2 rings (SSSR count). The van der Waals surface area contributed by atoms with Gasteiger partial charge in [-0.05, 0) is 38.5 Å². The van der Waals surface area contributed by atoms with Crippen molar-refractivity contribution in [2.75, 3.05) is 27.9 Å². The first-order chi connectivity index (χ1) is 12.4. The molecule has 1 amide bonds. The summed E-state index contributed by atoms with van der Waals surface area (Å²) >= 11 is 0. The SMILES string of the molecule is COc1cc(C(=O)NCCC(O)c2cc(C)oc2C)cc(OC)c1OC. The van der Waals surface area contributed by atoms with E-state index in [1.54, 1.807) is 25.1 Å². The van der Waals surface area contributed by atoms with Gasteiger partial charge in [0.25, 0.3) is 5.91 Å². The van der Waals surface area contributed by atoms with Gasteiger partial charge in [-0.15, -0.1) is 0 Å². The number of hydrogen-bond donors (Lipinski definition) is 2. The lowest BCUT2D eigenvalue weighted by Crippen LogP contribution is -2.25. The van der Waals surface area contributed by atoms with Crippen molar-refractivity contribution in [2.24, 2.45) is 0 Å². The molecule has 1 aromatic heterocycles. The van der Waals surface area contributed by atoms with Crippen LogP contribution in [-0.4, -0.2) is 38.9 Å². The van der Waals surface area contributed by atoms with Gasteiger partial charge in [0.1, 0.15) is 11.5 Å². The summed E-state index contributed by atoms with van der Waals surface area (Å²) in [6.45, 7) is 3.94. The molecule has 1 unspecified atom stereocenters. The molecule has 1 atom stereocenters. The molecule has 0 aliphatic carbocycles. The van der Waals surface area contributed by atoms with Crippen molar-refractivity contribution in [3.05, 3.63) is 40.8 Å². The van der Waals surface area contributed by atoms with Crippen LogP contribution in [0, 0.1) is 13.8 Å². The van der Waals surface area contributed by atoms with Crippen molar-refractivity contribution in [1.29, 1.82) is 0 Å². The third-order valence-electron chi connectivity index (χ3n) is 4.07. The number of hydrogen-bond acceptors (Lipinski definition) is 6. The molecule has 0 aliphatic heterocycles. The number of methoxy groups -OCH3 is 3. The Balaban J connectivity index is 2.02. The van der Waals surface area contributed by atoms with Crippen molar-refractivity contribution in [2.45, 2.75) is 26.4 Å². The van der Waals surface area contributed by atoms with Crippen LogP contribution in [0.4, 0.5) is 0 Å². The van der Waals surface area contributed by atoms with E-state index in [-0.39, 0.29) is 5.91 Å². The van der Waals surface area contributed by atoms with E-state index in [0.29, 0.717) is 41.5 Å². The number of carbonyl (C=O) groups is 1. The van der Waals surface area contributed by atoms with Crippen LogP contribution in [0.5, 0.6) is 17.2 Å². The van der Waals surface area contributed by atoms with Crippen LogP contribution in [0.1, 0.15) is 40.0 Å². The molecule has 0 bridgehead atoms. The molecule has 0 saturated heterocycles. The summed E-state index contributed by atoms with van der Waals surface area (Å²) in [5.41, 5.74) is 1.12. The molecule has 1 aromatic carbocycles. The average Bonchev–Trinajstić information content (AvgIpc) is 2.98. The van der Waals surface area contributed by atoms with E-state index >= 15 is 0 Å². The lowest BCUT2D eigenvalue weighted by Gasteiger charge is -2.14. The van der Waals surface area contributed by atoms with E-state index in [1.807, 2.05) is 6.92 Å². The quantitative estimate of drug-likeness (QED) is 0.749. The summed E-state index contributed by atoms with van der Waals surface area (Å²) in [6.07, 6.45) is -0.330. The first kappa shape index (κ1) is 19.7. The lowest BCUT2D eigenvalue weighted by molar-refractivity contribution is 0.0941. The fraction of sp³-hybridized carbons (Fsp3) is 0.421. The summed E-state index contributed by atoms with van der Waals surface area (Å²) in [5, 5.41) is 13.0. The molecule has 26 heavy (non-hydrogen) atoms. The zero-order valence-electron chi connectivity index (χ0n) is 15.7. The minimum Gasteiger partial charge on any atom is -0.493 e. The second kappa shape index (κ2) is 8.62. The van der Waals surface area contributed by atoms with Crippen LogP contribution in [0.2, 0.25) is 0 Å². The van der Waals surface area contributed by atoms with Crippen molar-refractivity contribution in [3.8, 4) is 17.2 Å². The van der Waals surface area contributed by atoms with Crippen LogP contribution in [0.3, 0.4) is 0 Å². The van der Waals surface area contributed by atoms with E-state index in [4.69, 9.17) is 18.6 Å². The Labute approximate surface area is 152 Å². The molecule has 2 aromatic rings.